The summed E-state index contributed by atoms with van der Waals surface area (Å²) < 4.78 is 36.6. The van der Waals surface area contributed by atoms with Crippen LogP contribution in [0.15, 0.2) is 48.5 Å². The van der Waals surface area contributed by atoms with Crippen LogP contribution >= 0.6 is 0 Å². The van der Waals surface area contributed by atoms with Crippen LogP contribution in [0.3, 0.4) is 0 Å². The molecule has 0 spiro atoms. The van der Waals surface area contributed by atoms with Crippen LogP contribution in [0.1, 0.15) is 25.8 Å². The molecule has 2 aromatic rings. The van der Waals surface area contributed by atoms with Crippen LogP contribution in [-0.2, 0) is 21.2 Å². The van der Waals surface area contributed by atoms with Crippen molar-refractivity contribution in [2.75, 3.05) is 24.8 Å². The smallest absolute Gasteiger partial charge is 0.243 e. The third-order valence-electron chi connectivity index (χ3n) is 4.81. The Labute approximate surface area is 179 Å². The molecule has 0 saturated heterocycles. The lowest BCUT2D eigenvalue weighted by Crippen LogP contribution is -2.50. The topological polar surface area (TPSA) is 84.9 Å². The second-order valence-electron chi connectivity index (χ2n) is 7.21. The molecular weight excluding hydrogens is 404 g/mol. The molecule has 7 nitrogen and oxygen atoms in total. The van der Waals surface area contributed by atoms with E-state index in [1.807, 2.05) is 37.3 Å². The first kappa shape index (κ1) is 23.5. The summed E-state index contributed by atoms with van der Waals surface area (Å²) in [5, 5.41) is 2.92. The van der Waals surface area contributed by atoms with Crippen LogP contribution in [0.5, 0.6) is 11.5 Å². The molecule has 0 radical (unpaired) electrons. The van der Waals surface area contributed by atoms with E-state index in [2.05, 4.69) is 5.32 Å². The van der Waals surface area contributed by atoms with Gasteiger partial charge in [-0.2, -0.15) is 0 Å². The van der Waals surface area contributed by atoms with Gasteiger partial charge in [0.25, 0.3) is 0 Å². The van der Waals surface area contributed by atoms with E-state index < -0.39 is 16.1 Å². The molecule has 2 rings (SSSR count). The molecule has 0 saturated carbocycles. The SMILES string of the molecule is COc1ccc(N([C@H](C)C(=O)N[C@@H](C)CCc2ccccc2)S(C)(=O)=O)cc1OC. The van der Waals surface area contributed by atoms with Crippen molar-refractivity contribution in [3.05, 3.63) is 54.1 Å². The highest BCUT2D eigenvalue weighted by atomic mass is 32.2. The highest BCUT2D eigenvalue weighted by Crippen LogP contribution is 2.33. The number of anilines is 1. The van der Waals surface area contributed by atoms with E-state index in [9.17, 15) is 13.2 Å². The number of methoxy groups -OCH3 is 2. The van der Waals surface area contributed by atoms with E-state index >= 15 is 0 Å². The van der Waals surface area contributed by atoms with E-state index in [0.717, 1.165) is 23.4 Å². The Morgan fingerprint density at radius 1 is 1.03 bits per heavy atom. The molecule has 1 N–H and O–H groups in total. The summed E-state index contributed by atoms with van der Waals surface area (Å²) in [6.07, 6.45) is 2.65. The molecule has 0 bridgehead atoms. The first-order valence-corrected chi connectivity index (χ1v) is 11.6. The van der Waals surface area contributed by atoms with E-state index in [0.29, 0.717) is 17.2 Å². The van der Waals surface area contributed by atoms with Gasteiger partial charge in [-0.3, -0.25) is 9.10 Å². The zero-order valence-electron chi connectivity index (χ0n) is 18.1. The number of ether oxygens (including phenoxy) is 2. The highest BCUT2D eigenvalue weighted by molar-refractivity contribution is 7.92. The zero-order valence-corrected chi connectivity index (χ0v) is 18.9. The molecule has 0 aliphatic heterocycles. The van der Waals surface area contributed by atoms with E-state index in [1.165, 1.54) is 19.8 Å². The minimum absolute atomic E-state index is 0.105. The maximum Gasteiger partial charge on any atom is 0.243 e. The van der Waals surface area contributed by atoms with Crippen LogP contribution in [0.2, 0.25) is 0 Å². The monoisotopic (exact) mass is 434 g/mol. The van der Waals surface area contributed by atoms with E-state index in [4.69, 9.17) is 9.47 Å². The number of sulfonamides is 1. The molecule has 0 heterocycles. The second-order valence-corrected chi connectivity index (χ2v) is 9.07. The summed E-state index contributed by atoms with van der Waals surface area (Å²) in [6.45, 7) is 3.48. The number of nitrogens with zero attached hydrogens (tertiary/aromatic N) is 1. The van der Waals surface area contributed by atoms with Crippen molar-refractivity contribution in [3.8, 4) is 11.5 Å². The lowest BCUT2D eigenvalue weighted by molar-refractivity contribution is -0.122. The molecule has 164 valence electrons. The molecular formula is C22H30N2O5S. The van der Waals surface area contributed by atoms with Crippen molar-refractivity contribution in [3.63, 3.8) is 0 Å². The van der Waals surface area contributed by atoms with Gasteiger partial charge in [0, 0.05) is 12.1 Å². The molecule has 2 aromatic carbocycles. The molecule has 0 aliphatic carbocycles. The van der Waals surface area contributed by atoms with Crippen LogP contribution in [0.4, 0.5) is 5.69 Å². The molecule has 2 atom stereocenters. The Balaban J connectivity index is 2.14. The molecule has 0 unspecified atom stereocenters. The van der Waals surface area contributed by atoms with Gasteiger partial charge in [0.15, 0.2) is 11.5 Å². The molecule has 0 fully saturated rings. The average molecular weight is 435 g/mol. The third-order valence-corrected chi connectivity index (χ3v) is 6.05. The Hall–Kier alpha value is -2.74. The molecule has 0 aromatic heterocycles. The molecule has 8 heteroatoms. The largest absolute Gasteiger partial charge is 0.493 e. The number of amides is 1. The summed E-state index contributed by atoms with van der Waals surface area (Å²) in [6, 6.07) is 13.7. The summed E-state index contributed by atoms with van der Waals surface area (Å²) in [4.78, 5) is 12.8. The lowest BCUT2D eigenvalue weighted by atomic mass is 10.1. The predicted octanol–water partition coefficient (Wildman–Crippen LogP) is 3.00. The first-order chi connectivity index (χ1) is 14.2. The third kappa shape index (κ3) is 6.13. The van der Waals surface area contributed by atoms with Gasteiger partial charge in [-0.05, 0) is 44.4 Å². The number of benzene rings is 2. The summed E-state index contributed by atoms with van der Waals surface area (Å²) in [7, 11) is -0.754. The van der Waals surface area contributed by atoms with Crippen LogP contribution in [0.25, 0.3) is 0 Å². The van der Waals surface area contributed by atoms with Crippen molar-refractivity contribution in [2.45, 2.75) is 38.8 Å². The van der Waals surface area contributed by atoms with Gasteiger partial charge in [0.05, 0.1) is 26.2 Å². The quantitative estimate of drug-likeness (QED) is 0.621. The van der Waals surface area contributed by atoms with Gasteiger partial charge in [-0.1, -0.05) is 30.3 Å². The average Bonchev–Trinajstić information content (AvgIpc) is 2.71. The predicted molar refractivity (Wildman–Crippen MR) is 119 cm³/mol. The fraction of sp³-hybridized carbons (Fsp3) is 0.409. The van der Waals surface area contributed by atoms with Crippen LogP contribution < -0.4 is 19.1 Å². The number of carbonyl (C=O) groups is 1. The number of nitrogens with one attached hydrogen (secondary N) is 1. The Morgan fingerprint density at radius 3 is 2.23 bits per heavy atom. The fourth-order valence-corrected chi connectivity index (χ4v) is 4.40. The summed E-state index contributed by atoms with van der Waals surface area (Å²) >= 11 is 0. The minimum Gasteiger partial charge on any atom is -0.493 e. The highest BCUT2D eigenvalue weighted by Gasteiger charge is 2.30. The zero-order chi connectivity index (χ0) is 22.3. The molecule has 0 aliphatic rings. The van der Waals surface area contributed by atoms with Crippen LogP contribution in [0, 0.1) is 0 Å². The maximum absolute atomic E-state index is 12.8. The maximum atomic E-state index is 12.8. The van der Waals surface area contributed by atoms with Crippen LogP contribution in [-0.4, -0.2) is 46.9 Å². The number of carbonyl (C=O) groups excluding carboxylic acids is 1. The van der Waals surface area contributed by atoms with Crippen molar-refractivity contribution in [2.24, 2.45) is 0 Å². The number of hydrogen-bond acceptors (Lipinski definition) is 5. The molecule has 1 amide bonds. The van der Waals surface area contributed by atoms with Crippen molar-refractivity contribution in [1.29, 1.82) is 0 Å². The number of hydrogen-bond donors (Lipinski definition) is 1. The Morgan fingerprint density at radius 2 is 1.67 bits per heavy atom. The van der Waals surface area contributed by atoms with Gasteiger partial charge in [0.2, 0.25) is 15.9 Å². The number of aryl methyl sites for hydroxylation is 1. The summed E-state index contributed by atoms with van der Waals surface area (Å²) in [5.41, 5.74) is 1.52. The Kier molecular flexibility index (Phi) is 8.11. The van der Waals surface area contributed by atoms with Gasteiger partial charge in [-0.15, -0.1) is 0 Å². The Bertz CT molecular complexity index is 947. The number of rotatable bonds is 10. The first-order valence-electron chi connectivity index (χ1n) is 9.73. The van der Waals surface area contributed by atoms with E-state index in [-0.39, 0.29) is 11.9 Å². The van der Waals surface area contributed by atoms with Crippen molar-refractivity contribution in [1.82, 2.24) is 5.32 Å². The molecule has 30 heavy (non-hydrogen) atoms. The second kappa shape index (κ2) is 10.3. The fourth-order valence-electron chi connectivity index (χ4n) is 3.23. The van der Waals surface area contributed by atoms with Gasteiger partial charge in [0.1, 0.15) is 6.04 Å². The van der Waals surface area contributed by atoms with Gasteiger partial charge in [-0.25, -0.2) is 8.42 Å². The lowest BCUT2D eigenvalue weighted by Gasteiger charge is -2.29. The summed E-state index contributed by atoms with van der Waals surface area (Å²) in [5.74, 6) is 0.490. The van der Waals surface area contributed by atoms with Crippen molar-refractivity contribution < 1.29 is 22.7 Å². The van der Waals surface area contributed by atoms with Crippen molar-refractivity contribution >= 4 is 21.6 Å². The minimum atomic E-state index is -3.72. The van der Waals surface area contributed by atoms with E-state index in [1.54, 1.807) is 25.1 Å². The standard InChI is InChI=1S/C22H30N2O5S/c1-16(11-12-18-9-7-6-8-10-18)23-22(25)17(2)24(30(5,26)27)19-13-14-20(28-3)21(15-19)29-4/h6-10,13-17H,11-12H2,1-5H3,(H,23,25)/t16-,17+/m0/s1. The van der Waals surface area contributed by atoms with Gasteiger partial charge >= 0.3 is 0 Å². The van der Waals surface area contributed by atoms with Gasteiger partial charge < -0.3 is 14.8 Å². The normalized spacial score (nSPS) is 13.2.